The van der Waals surface area contributed by atoms with Crippen LogP contribution in [0.1, 0.15) is 38.1 Å². The molecule has 0 aliphatic rings. The number of hydrogen-bond donors (Lipinski definition) is 1. The molecule has 5 heteroatoms. The zero-order valence-corrected chi connectivity index (χ0v) is 17.3. The van der Waals surface area contributed by atoms with Crippen LogP contribution in [0.3, 0.4) is 0 Å². The number of para-hydroxylation sites is 1. The van der Waals surface area contributed by atoms with E-state index in [0.717, 1.165) is 15.8 Å². The van der Waals surface area contributed by atoms with E-state index in [-0.39, 0.29) is 16.9 Å². The fourth-order valence-electron chi connectivity index (χ4n) is 2.69. The molecule has 4 nitrogen and oxygen atoms in total. The van der Waals surface area contributed by atoms with Crippen molar-refractivity contribution in [1.29, 1.82) is 0 Å². The van der Waals surface area contributed by atoms with E-state index >= 15 is 0 Å². The van der Waals surface area contributed by atoms with E-state index in [4.69, 9.17) is 0 Å². The lowest BCUT2D eigenvalue weighted by Gasteiger charge is -2.18. The Labute approximate surface area is 169 Å². The first kappa shape index (κ1) is 20.1. The molecule has 0 bridgehead atoms. The summed E-state index contributed by atoms with van der Waals surface area (Å²) in [5.74, 6) is -0.000318. The topological polar surface area (TPSA) is 59.1 Å². The zero-order chi connectivity index (χ0) is 20.3. The molecule has 0 fully saturated rings. The second-order valence-electron chi connectivity index (χ2n) is 7.73. The molecule has 1 heterocycles. The molecule has 0 spiro atoms. The summed E-state index contributed by atoms with van der Waals surface area (Å²) in [6.45, 7) is 7.50. The van der Waals surface area contributed by atoms with Crippen LogP contribution in [-0.4, -0.2) is 21.9 Å². The van der Waals surface area contributed by atoms with Crippen molar-refractivity contribution in [2.24, 2.45) is 5.41 Å². The highest BCUT2D eigenvalue weighted by Gasteiger charge is 2.22. The summed E-state index contributed by atoms with van der Waals surface area (Å²) in [4.78, 5) is 30.4. The van der Waals surface area contributed by atoms with Crippen LogP contribution in [0, 0.1) is 5.41 Å². The molecule has 1 N–H and O–H groups in total. The quantitative estimate of drug-likeness (QED) is 0.455. The number of nitrogens with one attached hydrogen (secondary N) is 1. The van der Waals surface area contributed by atoms with Crippen LogP contribution in [0.4, 0.5) is 5.69 Å². The van der Waals surface area contributed by atoms with Gasteiger partial charge < -0.3 is 5.32 Å². The number of hydrogen-bond acceptors (Lipinski definition) is 4. The molecule has 3 rings (SSSR count). The Balaban J connectivity index is 1.72. The number of amides is 1. The van der Waals surface area contributed by atoms with Gasteiger partial charge in [0.05, 0.1) is 10.8 Å². The molecule has 2 aromatic carbocycles. The van der Waals surface area contributed by atoms with Crippen LogP contribution in [0.15, 0.2) is 65.7 Å². The summed E-state index contributed by atoms with van der Waals surface area (Å²) in [5.41, 5.74) is 1.78. The van der Waals surface area contributed by atoms with E-state index < -0.39 is 5.41 Å². The van der Waals surface area contributed by atoms with Crippen LogP contribution >= 0.6 is 11.8 Å². The van der Waals surface area contributed by atoms with E-state index in [2.05, 4.69) is 10.3 Å². The minimum atomic E-state index is -0.465. The van der Waals surface area contributed by atoms with Gasteiger partial charge in [-0.15, -0.1) is 11.8 Å². The fraction of sp³-hybridized carbons (Fsp3) is 0.261. The van der Waals surface area contributed by atoms with Crippen molar-refractivity contribution in [2.45, 2.75) is 37.8 Å². The maximum atomic E-state index is 12.9. The fourth-order valence-corrected chi connectivity index (χ4v) is 3.75. The molecule has 0 aliphatic heterocycles. The summed E-state index contributed by atoms with van der Waals surface area (Å²) < 4.78 is 0. The minimum absolute atomic E-state index is 0.0552. The summed E-state index contributed by atoms with van der Waals surface area (Å²) in [7, 11) is 0. The van der Waals surface area contributed by atoms with Crippen LogP contribution in [0.25, 0.3) is 10.9 Å². The van der Waals surface area contributed by atoms with Crippen LogP contribution in [0.5, 0.6) is 0 Å². The Morgan fingerprint density at radius 3 is 2.36 bits per heavy atom. The predicted molar refractivity (Wildman–Crippen MR) is 116 cm³/mol. The minimum Gasteiger partial charge on any atom is -0.326 e. The van der Waals surface area contributed by atoms with Gasteiger partial charge in [0.25, 0.3) is 0 Å². The number of ketones is 1. The molecule has 144 valence electrons. The highest BCUT2D eigenvalue weighted by Crippen LogP contribution is 2.31. The maximum absolute atomic E-state index is 12.9. The molecular weight excluding hydrogens is 368 g/mol. The number of thioether (sulfide) groups is 1. The lowest BCUT2D eigenvalue weighted by atomic mass is 9.95. The highest BCUT2D eigenvalue weighted by molar-refractivity contribution is 8.00. The summed E-state index contributed by atoms with van der Waals surface area (Å²) in [5, 5.41) is 3.69. The summed E-state index contributed by atoms with van der Waals surface area (Å²) in [6, 6.07) is 17.0. The van der Waals surface area contributed by atoms with Crippen molar-refractivity contribution in [3.63, 3.8) is 0 Å². The van der Waals surface area contributed by atoms with E-state index in [0.29, 0.717) is 11.3 Å². The third kappa shape index (κ3) is 4.60. The van der Waals surface area contributed by atoms with E-state index in [1.54, 1.807) is 30.5 Å². The van der Waals surface area contributed by atoms with Gasteiger partial charge in [0.1, 0.15) is 0 Å². The molecule has 1 aromatic heterocycles. The Morgan fingerprint density at radius 1 is 1.00 bits per heavy atom. The molecule has 28 heavy (non-hydrogen) atoms. The number of aromatic nitrogens is 1. The van der Waals surface area contributed by atoms with Crippen LogP contribution in [-0.2, 0) is 4.79 Å². The van der Waals surface area contributed by atoms with Crippen molar-refractivity contribution >= 4 is 40.0 Å². The average Bonchev–Trinajstić information content (AvgIpc) is 2.67. The molecule has 0 radical (unpaired) electrons. The first-order chi connectivity index (χ1) is 13.3. The van der Waals surface area contributed by atoms with Crippen LogP contribution in [0.2, 0.25) is 0 Å². The van der Waals surface area contributed by atoms with Crippen LogP contribution < -0.4 is 5.32 Å². The number of anilines is 1. The molecule has 1 unspecified atom stereocenters. The highest BCUT2D eigenvalue weighted by atomic mass is 32.2. The lowest BCUT2D eigenvalue weighted by Crippen LogP contribution is -2.27. The van der Waals surface area contributed by atoms with E-state index in [1.807, 2.05) is 58.0 Å². The molecule has 3 aromatic rings. The molecule has 0 saturated heterocycles. The van der Waals surface area contributed by atoms with Gasteiger partial charge in [-0.3, -0.25) is 14.6 Å². The number of pyridine rings is 1. The molecule has 1 amide bonds. The van der Waals surface area contributed by atoms with Crippen molar-refractivity contribution in [1.82, 2.24) is 4.98 Å². The number of fused-ring (bicyclic) bond motifs is 1. The Morgan fingerprint density at radius 2 is 1.68 bits per heavy atom. The number of nitrogens with zero attached hydrogens (tertiary/aromatic N) is 1. The normalized spacial score (nSPS) is 12.6. The van der Waals surface area contributed by atoms with Gasteiger partial charge in [0.2, 0.25) is 5.91 Å². The van der Waals surface area contributed by atoms with E-state index in [9.17, 15) is 9.59 Å². The molecule has 0 saturated carbocycles. The smallest absolute Gasteiger partial charge is 0.229 e. The third-order valence-electron chi connectivity index (χ3n) is 4.39. The number of Topliss-reactive ketones (excluding diaryl/α,β-unsaturated/α-hetero) is 1. The van der Waals surface area contributed by atoms with Crippen molar-refractivity contribution < 1.29 is 9.59 Å². The van der Waals surface area contributed by atoms with Gasteiger partial charge in [-0.1, -0.05) is 39.0 Å². The van der Waals surface area contributed by atoms with Gasteiger partial charge in [-0.25, -0.2) is 0 Å². The molecular formula is C23H24N2O2S. The van der Waals surface area contributed by atoms with E-state index in [1.165, 1.54) is 11.8 Å². The largest absolute Gasteiger partial charge is 0.326 e. The average molecular weight is 393 g/mol. The summed E-state index contributed by atoms with van der Waals surface area (Å²) >= 11 is 1.53. The van der Waals surface area contributed by atoms with Crippen molar-refractivity contribution in [3.05, 3.63) is 66.4 Å². The predicted octanol–water partition coefficient (Wildman–Crippen LogP) is 5.58. The first-order valence-corrected chi connectivity index (χ1v) is 10.1. The Kier molecular flexibility index (Phi) is 5.84. The number of benzene rings is 2. The first-order valence-electron chi connectivity index (χ1n) is 9.22. The van der Waals surface area contributed by atoms with Gasteiger partial charge in [0, 0.05) is 33.1 Å². The van der Waals surface area contributed by atoms with Gasteiger partial charge in [-0.05, 0) is 43.3 Å². The number of carbonyl (C=O) groups excluding carboxylic acids is 2. The van der Waals surface area contributed by atoms with Gasteiger partial charge >= 0.3 is 0 Å². The monoisotopic (exact) mass is 392 g/mol. The SMILES string of the molecule is CC(Sc1ccnc2ccccc12)C(=O)c1ccc(NC(=O)C(C)(C)C)cc1. The maximum Gasteiger partial charge on any atom is 0.229 e. The van der Waals surface area contributed by atoms with Gasteiger partial charge in [0.15, 0.2) is 5.78 Å². The van der Waals surface area contributed by atoms with Gasteiger partial charge in [-0.2, -0.15) is 0 Å². The number of carbonyl (C=O) groups is 2. The molecule has 0 aliphatic carbocycles. The Bertz CT molecular complexity index is 1000. The van der Waals surface area contributed by atoms with Crippen molar-refractivity contribution in [2.75, 3.05) is 5.32 Å². The Hall–Kier alpha value is -2.66. The third-order valence-corrected chi connectivity index (χ3v) is 5.57. The van der Waals surface area contributed by atoms with Crippen molar-refractivity contribution in [3.8, 4) is 0 Å². The second kappa shape index (κ2) is 8.15. The lowest BCUT2D eigenvalue weighted by molar-refractivity contribution is -0.123. The zero-order valence-electron chi connectivity index (χ0n) is 16.5. The summed E-state index contributed by atoms with van der Waals surface area (Å²) in [6.07, 6.45) is 1.77. The molecule has 1 atom stereocenters. The second-order valence-corrected chi connectivity index (χ2v) is 9.11. The standard InChI is InChI=1S/C23H24N2O2S/c1-15(28-20-13-14-24-19-8-6-5-7-18(19)20)21(26)16-9-11-17(12-10-16)25-22(27)23(2,3)4/h5-15H,1-4H3,(H,25,27). The number of rotatable bonds is 5.